The van der Waals surface area contributed by atoms with Crippen LogP contribution in [0.15, 0.2) is 23.8 Å². The lowest BCUT2D eigenvalue weighted by Crippen LogP contribution is -2.08. The van der Waals surface area contributed by atoms with Gasteiger partial charge in [0.25, 0.3) is 0 Å². The summed E-state index contributed by atoms with van der Waals surface area (Å²) in [6.45, 7) is 4.03. The Balaban J connectivity index is 2.12. The summed E-state index contributed by atoms with van der Waals surface area (Å²) in [7, 11) is 0. The maximum absolute atomic E-state index is 5.71. The number of aryl methyl sites for hydroxylation is 1. The average molecular weight is 234 g/mol. The third kappa shape index (κ3) is 2.30. The number of rotatable bonds is 3. The van der Waals surface area contributed by atoms with Gasteiger partial charge in [-0.2, -0.15) is 0 Å². The van der Waals surface area contributed by atoms with E-state index in [9.17, 15) is 0 Å². The first kappa shape index (κ1) is 10.9. The first-order chi connectivity index (χ1) is 7.66. The topological polar surface area (TPSA) is 63.8 Å². The molecule has 0 saturated carbocycles. The predicted octanol–water partition coefficient (Wildman–Crippen LogP) is 2.60. The van der Waals surface area contributed by atoms with Crippen LogP contribution >= 0.6 is 11.3 Å². The summed E-state index contributed by atoms with van der Waals surface area (Å²) < 4.78 is 0. The van der Waals surface area contributed by atoms with Crippen molar-refractivity contribution < 1.29 is 0 Å². The van der Waals surface area contributed by atoms with E-state index in [0.29, 0.717) is 5.69 Å². The fourth-order valence-electron chi connectivity index (χ4n) is 1.38. The normalized spacial score (nSPS) is 12.4. The Kier molecular flexibility index (Phi) is 3.05. The van der Waals surface area contributed by atoms with E-state index in [1.54, 1.807) is 23.7 Å². The third-order valence-corrected chi connectivity index (χ3v) is 3.30. The second-order valence-corrected chi connectivity index (χ2v) is 4.59. The van der Waals surface area contributed by atoms with Gasteiger partial charge in [0, 0.05) is 11.6 Å². The van der Waals surface area contributed by atoms with E-state index < -0.39 is 0 Å². The molecule has 0 bridgehead atoms. The maximum Gasteiger partial charge on any atom is 0.126 e. The number of hydrogen-bond acceptors (Lipinski definition) is 5. The van der Waals surface area contributed by atoms with E-state index in [2.05, 4.69) is 22.2 Å². The van der Waals surface area contributed by atoms with E-state index in [1.807, 2.05) is 18.4 Å². The molecule has 4 nitrogen and oxygen atoms in total. The Morgan fingerprint density at radius 1 is 1.44 bits per heavy atom. The number of aromatic nitrogens is 2. The van der Waals surface area contributed by atoms with E-state index in [0.717, 1.165) is 16.4 Å². The summed E-state index contributed by atoms with van der Waals surface area (Å²) in [5.74, 6) is 0.828. The molecule has 3 N–H and O–H groups in total. The van der Waals surface area contributed by atoms with Crippen LogP contribution in [0.4, 0.5) is 11.5 Å². The molecular weight excluding hydrogens is 220 g/mol. The van der Waals surface area contributed by atoms with Gasteiger partial charge in [-0.15, -0.1) is 11.3 Å². The predicted molar refractivity (Wildman–Crippen MR) is 67.5 cm³/mol. The molecule has 1 atom stereocenters. The minimum atomic E-state index is 0.163. The van der Waals surface area contributed by atoms with E-state index in [-0.39, 0.29) is 6.04 Å². The van der Waals surface area contributed by atoms with Crippen LogP contribution in [0.1, 0.15) is 23.5 Å². The van der Waals surface area contributed by atoms with Gasteiger partial charge in [-0.25, -0.2) is 9.97 Å². The van der Waals surface area contributed by atoms with Gasteiger partial charge >= 0.3 is 0 Å². The molecule has 0 aliphatic heterocycles. The fraction of sp³-hybridized carbons (Fsp3) is 0.273. The maximum atomic E-state index is 5.71. The van der Waals surface area contributed by atoms with Crippen molar-refractivity contribution in [1.29, 1.82) is 0 Å². The highest BCUT2D eigenvalue weighted by atomic mass is 32.1. The minimum Gasteiger partial charge on any atom is -0.397 e. The number of nitrogen functional groups attached to an aromatic ring is 1. The van der Waals surface area contributed by atoms with Crippen LogP contribution in [0.25, 0.3) is 0 Å². The molecule has 16 heavy (non-hydrogen) atoms. The summed E-state index contributed by atoms with van der Waals surface area (Å²) in [4.78, 5) is 8.49. The molecule has 84 valence electrons. The summed E-state index contributed by atoms with van der Waals surface area (Å²) in [6, 6.07) is 2.11. The number of hydrogen-bond donors (Lipinski definition) is 2. The molecule has 0 amide bonds. The van der Waals surface area contributed by atoms with Crippen molar-refractivity contribution in [2.45, 2.75) is 19.9 Å². The molecule has 0 radical (unpaired) electrons. The molecule has 0 spiro atoms. The van der Waals surface area contributed by atoms with Crippen LogP contribution in [0, 0.1) is 6.92 Å². The van der Waals surface area contributed by atoms with Crippen LogP contribution in [-0.2, 0) is 0 Å². The zero-order valence-electron chi connectivity index (χ0n) is 9.27. The zero-order chi connectivity index (χ0) is 11.5. The molecule has 1 unspecified atom stereocenters. The molecule has 2 aromatic rings. The van der Waals surface area contributed by atoms with Gasteiger partial charge in [0.1, 0.15) is 10.8 Å². The van der Waals surface area contributed by atoms with Crippen molar-refractivity contribution in [2.24, 2.45) is 0 Å². The van der Waals surface area contributed by atoms with Gasteiger partial charge in [0.2, 0.25) is 0 Å². The molecular formula is C11H14N4S. The molecule has 0 saturated heterocycles. The van der Waals surface area contributed by atoms with E-state index in [4.69, 9.17) is 5.73 Å². The number of anilines is 2. The van der Waals surface area contributed by atoms with E-state index >= 15 is 0 Å². The van der Waals surface area contributed by atoms with Crippen molar-refractivity contribution in [3.8, 4) is 0 Å². The fourth-order valence-corrected chi connectivity index (χ4v) is 2.02. The van der Waals surface area contributed by atoms with E-state index in [1.165, 1.54) is 0 Å². The van der Waals surface area contributed by atoms with Crippen LogP contribution in [0.5, 0.6) is 0 Å². The first-order valence-corrected chi connectivity index (χ1v) is 5.93. The van der Waals surface area contributed by atoms with Crippen LogP contribution in [0.2, 0.25) is 0 Å². The molecule has 2 rings (SSSR count). The summed E-state index contributed by atoms with van der Waals surface area (Å²) >= 11 is 1.63. The molecule has 0 aliphatic rings. The second-order valence-electron chi connectivity index (χ2n) is 3.66. The largest absolute Gasteiger partial charge is 0.397 e. The number of nitrogens with two attached hydrogens (primary N) is 1. The molecule has 0 fully saturated rings. The standard InChI is InChI=1S/C11H14N4S/c1-7-5-10(14-6-9(7)12)15-8(2)11-13-3-4-16-11/h3-6,8H,12H2,1-2H3,(H,14,15). The van der Waals surface area contributed by atoms with Crippen LogP contribution in [-0.4, -0.2) is 9.97 Å². The summed E-state index contributed by atoms with van der Waals surface area (Å²) in [5.41, 5.74) is 7.46. The van der Waals surface area contributed by atoms with Gasteiger partial charge < -0.3 is 11.1 Å². The van der Waals surface area contributed by atoms with Crippen molar-refractivity contribution in [2.75, 3.05) is 11.1 Å². The quantitative estimate of drug-likeness (QED) is 0.856. The van der Waals surface area contributed by atoms with Gasteiger partial charge in [-0.05, 0) is 25.5 Å². The summed E-state index contributed by atoms with van der Waals surface area (Å²) in [5, 5.41) is 6.31. The molecule has 2 aromatic heterocycles. The lowest BCUT2D eigenvalue weighted by molar-refractivity contribution is 0.860. The van der Waals surface area contributed by atoms with Crippen LogP contribution in [0.3, 0.4) is 0 Å². The van der Waals surface area contributed by atoms with Crippen molar-refractivity contribution >= 4 is 22.8 Å². The van der Waals surface area contributed by atoms with Crippen molar-refractivity contribution in [3.05, 3.63) is 34.4 Å². The minimum absolute atomic E-state index is 0.163. The lowest BCUT2D eigenvalue weighted by Gasteiger charge is -2.12. The number of nitrogens with zero attached hydrogens (tertiary/aromatic N) is 2. The third-order valence-electron chi connectivity index (χ3n) is 2.34. The highest BCUT2D eigenvalue weighted by Gasteiger charge is 2.08. The SMILES string of the molecule is Cc1cc(NC(C)c2nccs2)ncc1N. The average Bonchev–Trinajstić information content (AvgIpc) is 2.77. The summed E-state index contributed by atoms with van der Waals surface area (Å²) in [6.07, 6.45) is 3.48. The lowest BCUT2D eigenvalue weighted by atomic mass is 10.2. The molecule has 0 aromatic carbocycles. The highest BCUT2D eigenvalue weighted by Crippen LogP contribution is 2.21. The Hall–Kier alpha value is -1.62. The van der Waals surface area contributed by atoms with Gasteiger partial charge in [0.15, 0.2) is 0 Å². The highest BCUT2D eigenvalue weighted by molar-refractivity contribution is 7.09. The molecule has 5 heteroatoms. The van der Waals surface area contributed by atoms with Crippen molar-refractivity contribution in [3.63, 3.8) is 0 Å². The van der Waals surface area contributed by atoms with Gasteiger partial charge in [-0.1, -0.05) is 0 Å². The van der Waals surface area contributed by atoms with Crippen molar-refractivity contribution in [1.82, 2.24) is 9.97 Å². The van der Waals surface area contributed by atoms with Gasteiger partial charge in [-0.3, -0.25) is 0 Å². The number of thiazole rings is 1. The van der Waals surface area contributed by atoms with Crippen LogP contribution < -0.4 is 11.1 Å². The Morgan fingerprint density at radius 2 is 2.25 bits per heavy atom. The molecule has 2 heterocycles. The monoisotopic (exact) mass is 234 g/mol. The zero-order valence-corrected chi connectivity index (χ0v) is 10.1. The Labute approximate surface area is 98.6 Å². The number of nitrogens with one attached hydrogen (secondary N) is 1. The Morgan fingerprint density at radius 3 is 2.88 bits per heavy atom. The van der Waals surface area contributed by atoms with Gasteiger partial charge in [0.05, 0.1) is 17.9 Å². The Bertz CT molecular complexity index is 467. The molecule has 0 aliphatic carbocycles. The smallest absolute Gasteiger partial charge is 0.126 e. The first-order valence-electron chi connectivity index (χ1n) is 5.05. The number of pyridine rings is 1. The second kappa shape index (κ2) is 4.49.